The lowest BCUT2D eigenvalue weighted by Gasteiger charge is -2.19. The minimum absolute atomic E-state index is 0.208. The highest BCUT2D eigenvalue weighted by atomic mass is 19.4. The summed E-state index contributed by atoms with van der Waals surface area (Å²) < 4.78 is 31.8. The standard InChI is InChI=1S/C5H12N.C2H3F3N/c1-5(2,3)4-6;3-2(4,5)1-6/h6H,4H2,1-3H3;6H,1H2/q2*-1. The second-order valence-electron chi connectivity index (χ2n) is 3.53. The largest absolute Gasteiger partial charge is 0.677 e. The van der Waals surface area contributed by atoms with Crippen molar-refractivity contribution >= 4 is 0 Å². The van der Waals surface area contributed by atoms with E-state index in [0.717, 1.165) is 0 Å². The van der Waals surface area contributed by atoms with Gasteiger partial charge in [-0.15, -0.1) is 6.54 Å². The average Bonchev–Trinajstić information content (AvgIpc) is 1.86. The van der Waals surface area contributed by atoms with Crippen LogP contribution < -0.4 is 0 Å². The van der Waals surface area contributed by atoms with Gasteiger partial charge in [-0.25, -0.2) is 0 Å². The van der Waals surface area contributed by atoms with Crippen LogP contribution in [0.4, 0.5) is 13.2 Å². The quantitative estimate of drug-likeness (QED) is 0.551. The van der Waals surface area contributed by atoms with E-state index in [9.17, 15) is 13.2 Å². The van der Waals surface area contributed by atoms with Crippen LogP contribution >= 0.6 is 0 Å². The van der Waals surface area contributed by atoms with Gasteiger partial charge >= 0.3 is 6.18 Å². The summed E-state index contributed by atoms with van der Waals surface area (Å²) in [6, 6.07) is 0. The van der Waals surface area contributed by atoms with Crippen molar-refractivity contribution in [3.8, 4) is 0 Å². The Morgan fingerprint density at radius 1 is 0.917 bits per heavy atom. The summed E-state index contributed by atoms with van der Waals surface area (Å²) in [7, 11) is 0. The Kier molecular flexibility index (Phi) is 6.38. The monoisotopic (exact) mass is 184 g/mol. The molecule has 0 aliphatic carbocycles. The molecule has 12 heavy (non-hydrogen) atoms. The topological polar surface area (TPSA) is 47.6 Å². The summed E-state index contributed by atoms with van der Waals surface area (Å²) in [5, 5.41) is 0. The third-order valence-corrected chi connectivity index (χ3v) is 0.731. The van der Waals surface area contributed by atoms with Crippen molar-refractivity contribution in [2.75, 3.05) is 13.1 Å². The molecule has 5 heteroatoms. The van der Waals surface area contributed by atoms with Gasteiger partial charge in [-0.2, -0.15) is 13.2 Å². The van der Waals surface area contributed by atoms with E-state index in [1.54, 1.807) is 0 Å². The molecule has 0 spiro atoms. The summed E-state index contributed by atoms with van der Waals surface area (Å²) >= 11 is 0. The van der Waals surface area contributed by atoms with E-state index in [-0.39, 0.29) is 5.41 Å². The summed E-state index contributed by atoms with van der Waals surface area (Å²) in [4.78, 5) is 0. The van der Waals surface area contributed by atoms with Crippen LogP contribution in [0, 0.1) is 5.41 Å². The fraction of sp³-hybridized carbons (Fsp3) is 1.00. The van der Waals surface area contributed by atoms with Gasteiger partial charge in [-0.1, -0.05) is 32.7 Å². The predicted molar refractivity (Wildman–Crippen MR) is 43.9 cm³/mol. The minimum Gasteiger partial charge on any atom is -0.677 e. The Hall–Kier alpha value is -0.290. The van der Waals surface area contributed by atoms with Crippen LogP contribution in [0.25, 0.3) is 11.5 Å². The molecule has 0 fully saturated rings. The van der Waals surface area contributed by atoms with Crippen molar-refractivity contribution in [3.63, 3.8) is 0 Å². The molecule has 0 aliphatic heterocycles. The molecular weight excluding hydrogens is 169 g/mol. The Morgan fingerprint density at radius 3 is 1.08 bits per heavy atom. The van der Waals surface area contributed by atoms with Crippen LogP contribution in [0.2, 0.25) is 0 Å². The molecule has 0 heterocycles. The highest BCUT2D eigenvalue weighted by Crippen LogP contribution is 2.12. The maximum absolute atomic E-state index is 10.6. The molecular formula is C7H15F3N2-2. The van der Waals surface area contributed by atoms with Gasteiger partial charge in [-0.05, 0) is 0 Å². The van der Waals surface area contributed by atoms with Crippen molar-refractivity contribution in [3.05, 3.63) is 11.5 Å². The molecule has 0 aromatic heterocycles. The van der Waals surface area contributed by atoms with E-state index in [0.29, 0.717) is 6.54 Å². The van der Waals surface area contributed by atoms with Crippen LogP contribution in [0.15, 0.2) is 0 Å². The van der Waals surface area contributed by atoms with E-state index in [4.69, 9.17) is 11.5 Å². The van der Waals surface area contributed by atoms with E-state index < -0.39 is 12.7 Å². The first-order valence-corrected chi connectivity index (χ1v) is 3.48. The zero-order valence-corrected chi connectivity index (χ0v) is 7.55. The van der Waals surface area contributed by atoms with Crippen LogP contribution in [0.1, 0.15) is 20.8 Å². The molecule has 2 nitrogen and oxygen atoms in total. The molecule has 76 valence electrons. The number of halogens is 3. The third kappa shape index (κ3) is 22.6. The molecule has 0 bridgehead atoms. The fourth-order valence-corrected chi connectivity index (χ4v) is 0. The van der Waals surface area contributed by atoms with E-state index in [1.807, 2.05) is 0 Å². The average molecular weight is 184 g/mol. The Bertz CT molecular complexity index is 90.2. The SMILES string of the molecule is CC(C)(C)C[NH-].[NH-]CC(F)(F)F. The molecule has 0 aliphatic rings. The Morgan fingerprint density at radius 2 is 1.08 bits per heavy atom. The van der Waals surface area contributed by atoms with Gasteiger partial charge < -0.3 is 11.5 Å². The summed E-state index contributed by atoms with van der Waals surface area (Å²) in [6.07, 6.45) is -4.29. The number of alkyl halides is 3. The van der Waals surface area contributed by atoms with E-state index in [1.165, 1.54) is 0 Å². The number of nitrogens with one attached hydrogen (secondary N) is 2. The first-order chi connectivity index (χ1) is 5.12. The zero-order valence-electron chi connectivity index (χ0n) is 7.55. The molecule has 0 aromatic rings. The highest BCUT2D eigenvalue weighted by molar-refractivity contribution is 4.68. The van der Waals surface area contributed by atoms with Crippen molar-refractivity contribution in [2.24, 2.45) is 5.41 Å². The van der Waals surface area contributed by atoms with Gasteiger partial charge in [0.2, 0.25) is 0 Å². The van der Waals surface area contributed by atoms with Gasteiger partial charge in [0.25, 0.3) is 0 Å². The first-order valence-electron chi connectivity index (χ1n) is 3.48. The van der Waals surface area contributed by atoms with E-state index in [2.05, 4.69) is 20.8 Å². The Labute approximate surface area is 71.1 Å². The summed E-state index contributed by atoms with van der Waals surface area (Å²) in [6.45, 7) is 5.21. The lowest BCUT2D eigenvalue weighted by atomic mass is 9.98. The molecule has 0 aromatic carbocycles. The summed E-state index contributed by atoms with van der Waals surface area (Å²) in [5.41, 5.74) is 12.8. The maximum atomic E-state index is 10.6. The van der Waals surface area contributed by atoms with Gasteiger partial charge in [0.1, 0.15) is 0 Å². The molecule has 0 atom stereocenters. The van der Waals surface area contributed by atoms with Crippen molar-refractivity contribution < 1.29 is 13.2 Å². The molecule has 0 saturated carbocycles. The number of hydrogen-bond acceptors (Lipinski definition) is 0. The second-order valence-corrected chi connectivity index (χ2v) is 3.53. The number of rotatable bonds is 0. The summed E-state index contributed by atoms with van der Waals surface area (Å²) in [5.74, 6) is 0. The van der Waals surface area contributed by atoms with Crippen LogP contribution in [-0.2, 0) is 0 Å². The van der Waals surface area contributed by atoms with Crippen LogP contribution in [-0.4, -0.2) is 19.3 Å². The van der Waals surface area contributed by atoms with Gasteiger partial charge in [0.05, 0.1) is 0 Å². The Balaban J connectivity index is 0. The normalized spacial score (nSPS) is 12.0. The predicted octanol–water partition coefficient (Wildman–Crippen LogP) is 3.69. The highest BCUT2D eigenvalue weighted by Gasteiger charge is 2.18. The lowest BCUT2D eigenvalue weighted by Crippen LogP contribution is -2.08. The van der Waals surface area contributed by atoms with Gasteiger partial charge in [0.15, 0.2) is 0 Å². The lowest BCUT2D eigenvalue weighted by molar-refractivity contribution is -0.112. The molecule has 0 rings (SSSR count). The maximum Gasteiger partial charge on any atom is 0.370 e. The zero-order chi connectivity index (χ0) is 10.4. The first kappa shape index (κ1) is 14.2. The molecule has 2 N–H and O–H groups in total. The molecule has 0 amide bonds. The molecule has 0 unspecified atom stereocenters. The molecule has 0 saturated heterocycles. The van der Waals surface area contributed by atoms with Crippen molar-refractivity contribution in [1.82, 2.24) is 0 Å². The van der Waals surface area contributed by atoms with Crippen molar-refractivity contribution in [1.29, 1.82) is 0 Å². The second kappa shape index (κ2) is 5.37. The fourth-order valence-electron chi connectivity index (χ4n) is 0. The minimum atomic E-state index is -4.29. The van der Waals surface area contributed by atoms with Crippen molar-refractivity contribution in [2.45, 2.75) is 26.9 Å². The van der Waals surface area contributed by atoms with E-state index >= 15 is 0 Å². The third-order valence-electron chi connectivity index (χ3n) is 0.731. The van der Waals surface area contributed by atoms with Gasteiger partial charge in [0, 0.05) is 0 Å². The molecule has 0 radical (unpaired) electrons. The smallest absolute Gasteiger partial charge is 0.370 e. The van der Waals surface area contributed by atoms with Crippen LogP contribution in [0.3, 0.4) is 0 Å². The van der Waals surface area contributed by atoms with Gasteiger partial charge in [-0.3, -0.25) is 0 Å². The van der Waals surface area contributed by atoms with Crippen LogP contribution in [0.5, 0.6) is 0 Å². The number of hydrogen-bond donors (Lipinski definition) is 0.